The second-order valence-corrected chi connectivity index (χ2v) is 9.51. The van der Waals surface area contributed by atoms with Crippen LogP contribution in [0.3, 0.4) is 0 Å². The molecule has 3 heterocycles. The zero-order valence-corrected chi connectivity index (χ0v) is 21.1. The highest BCUT2D eigenvalue weighted by Gasteiger charge is 2.31. The minimum Gasteiger partial charge on any atom is -0.467 e. The first-order valence-corrected chi connectivity index (χ1v) is 12.9. The molecule has 3 aromatic rings. The number of pyridine rings is 1. The summed E-state index contributed by atoms with van der Waals surface area (Å²) in [6.07, 6.45) is -1.72. The van der Waals surface area contributed by atoms with E-state index in [9.17, 15) is 18.0 Å². The van der Waals surface area contributed by atoms with Gasteiger partial charge in [0.2, 0.25) is 5.88 Å². The molecule has 1 aromatic carbocycles. The minimum atomic E-state index is -4.50. The molecule has 0 aliphatic carbocycles. The third-order valence-corrected chi connectivity index (χ3v) is 7.33. The van der Waals surface area contributed by atoms with Crippen LogP contribution >= 0.6 is 11.3 Å². The number of ether oxygens (including phenoxy) is 1. The number of aromatic nitrogens is 2. The number of nitrogens with zero attached hydrogens (tertiary/aromatic N) is 4. The Kier molecular flexibility index (Phi) is 8.13. The second kappa shape index (κ2) is 11.3. The van der Waals surface area contributed by atoms with Crippen molar-refractivity contribution >= 4 is 22.9 Å². The summed E-state index contributed by atoms with van der Waals surface area (Å²) in [6, 6.07) is 11.4. The molecule has 0 atom stereocenters. The normalized spacial score (nSPS) is 14.6. The quantitative estimate of drug-likeness (QED) is 0.365. The van der Waals surface area contributed by atoms with Gasteiger partial charge in [0, 0.05) is 54.9 Å². The van der Waals surface area contributed by atoms with E-state index < -0.39 is 12.8 Å². The van der Waals surface area contributed by atoms with Crippen molar-refractivity contribution in [2.24, 2.45) is 0 Å². The number of piperidine rings is 1. The number of amides is 1. The SMILES string of the molecule is CCN(CC)c1ccc(-c2csc(C3CCN(C(=O)c4cccnc4OCC(F)(F)F)CC3)n2)cc1. The molecule has 0 spiro atoms. The monoisotopic (exact) mass is 518 g/mol. The number of hydrogen-bond acceptors (Lipinski definition) is 6. The standard InChI is InChI=1S/C26H29F3N4O2S/c1-3-32(4-2)20-9-7-18(8-10-20)22-16-36-24(31-22)19-11-14-33(15-12-19)25(34)21-6-5-13-30-23(21)35-17-26(27,28)29/h5-10,13,16,19H,3-4,11-12,14-15,17H2,1-2H3. The lowest BCUT2D eigenvalue weighted by molar-refractivity contribution is -0.154. The molecule has 1 fully saturated rings. The lowest BCUT2D eigenvalue weighted by atomic mass is 9.97. The van der Waals surface area contributed by atoms with Crippen LogP contribution in [0.1, 0.15) is 48.0 Å². The Morgan fingerprint density at radius 1 is 1.14 bits per heavy atom. The van der Waals surface area contributed by atoms with Crippen LogP contribution < -0.4 is 9.64 Å². The summed E-state index contributed by atoms with van der Waals surface area (Å²) in [4.78, 5) is 25.7. The Labute approximate surface area is 212 Å². The molecule has 36 heavy (non-hydrogen) atoms. The van der Waals surface area contributed by atoms with Crippen LogP contribution in [-0.2, 0) is 0 Å². The number of rotatable bonds is 8. The number of carbonyl (C=O) groups excluding carboxylic acids is 1. The van der Waals surface area contributed by atoms with Crippen LogP contribution in [-0.4, -0.2) is 59.7 Å². The van der Waals surface area contributed by atoms with Gasteiger partial charge in [0.25, 0.3) is 5.91 Å². The molecule has 0 unspecified atom stereocenters. The largest absolute Gasteiger partial charge is 0.467 e. The Morgan fingerprint density at radius 3 is 2.47 bits per heavy atom. The van der Waals surface area contributed by atoms with Crippen molar-refractivity contribution in [2.75, 3.05) is 37.7 Å². The topological polar surface area (TPSA) is 58.6 Å². The van der Waals surface area contributed by atoms with Crippen LogP contribution in [0.2, 0.25) is 0 Å². The number of anilines is 1. The van der Waals surface area contributed by atoms with Crippen molar-refractivity contribution in [1.82, 2.24) is 14.9 Å². The highest BCUT2D eigenvalue weighted by molar-refractivity contribution is 7.10. The zero-order chi connectivity index (χ0) is 25.7. The van der Waals surface area contributed by atoms with Gasteiger partial charge in [-0.05, 0) is 51.0 Å². The molecule has 2 aromatic heterocycles. The summed E-state index contributed by atoms with van der Waals surface area (Å²) in [5.74, 6) is -0.428. The van der Waals surface area contributed by atoms with Crippen LogP contribution in [0.25, 0.3) is 11.3 Å². The number of benzene rings is 1. The number of carbonyl (C=O) groups is 1. The smallest absolute Gasteiger partial charge is 0.422 e. The van der Waals surface area contributed by atoms with Crippen molar-refractivity contribution in [2.45, 2.75) is 38.8 Å². The summed E-state index contributed by atoms with van der Waals surface area (Å²) in [6.45, 7) is 5.69. The lowest BCUT2D eigenvalue weighted by Crippen LogP contribution is -2.38. The second-order valence-electron chi connectivity index (χ2n) is 8.62. The summed E-state index contributed by atoms with van der Waals surface area (Å²) < 4.78 is 42.5. The van der Waals surface area contributed by atoms with Gasteiger partial charge in [0.15, 0.2) is 6.61 Å². The van der Waals surface area contributed by atoms with E-state index in [1.165, 1.54) is 24.0 Å². The predicted molar refractivity (Wildman–Crippen MR) is 135 cm³/mol. The lowest BCUT2D eigenvalue weighted by Gasteiger charge is -2.31. The molecule has 6 nitrogen and oxygen atoms in total. The summed E-state index contributed by atoms with van der Waals surface area (Å²) >= 11 is 1.63. The van der Waals surface area contributed by atoms with E-state index in [0.717, 1.165) is 42.2 Å². The van der Waals surface area contributed by atoms with E-state index in [-0.39, 0.29) is 23.3 Å². The van der Waals surface area contributed by atoms with Gasteiger partial charge < -0.3 is 14.5 Å². The van der Waals surface area contributed by atoms with Crippen molar-refractivity contribution in [1.29, 1.82) is 0 Å². The van der Waals surface area contributed by atoms with E-state index in [2.05, 4.69) is 53.4 Å². The summed E-state index contributed by atoms with van der Waals surface area (Å²) in [7, 11) is 0. The molecule has 192 valence electrons. The summed E-state index contributed by atoms with van der Waals surface area (Å²) in [5.41, 5.74) is 3.26. The predicted octanol–water partition coefficient (Wildman–Crippen LogP) is 6.01. The first-order chi connectivity index (χ1) is 17.3. The van der Waals surface area contributed by atoms with Crippen LogP contribution in [0.15, 0.2) is 48.0 Å². The number of alkyl halides is 3. The molecule has 10 heteroatoms. The van der Waals surface area contributed by atoms with E-state index in [0.29, 0.717) is 13.1 Å². The molecule has 1 aliphatic heterocycles. The highest BCUT2D eigenvalue weighted by atomic mass is 32.1. The van der Waals surface area contributed by atoms with Gasteiger partial charge in [0.05, 0.1) is 10.7 Å². The molecule has 0 radical (unpaired) electrons. The van der Waals surface area contributed by atoms with E-state index in [4.69, 9.17) is 9.72 Å². The first kappa shape index (κ1) is 25.9. The van der Waals surface area contributed by atoms with Crippen molar-refractivity contribution in [3.63, 3.8) is 0 Å². The fraction of sp³-hybridized carbons (Fsp3) is 0.423. The minimum absolute atomic E-state index is 0.0462. The third kappa shape index (κ3) is 6.16. The van der Waals surface area contributed by atoms with E-state index in [1.807, 2.05) is 0 Å². The van der Waals surface area contributed by atoms with Crippen LogP contribution in [0.5, 0.6) is 5.88 Å². The highest BCUT2D eigenvalue weighted by Crippen LogP contribution is 2.34. The van der Waals surface area contributed by atoms with E-state index in [1.54, 1.807) is 16.2 Å². The number of likely N-dealkylation sites (tertiary alicyclic amines) is 1. The fourth-order valence-electron chi connectivity index (χ4n) is 4.36. The molecular formula is C26H29F3N4O2S. The Balaban J connectivity index is 1.37. The van der Waals surface area contributed by atoms with Crippen molar-refractivity contribution in [3.8, 4) is 17.1 Å². The van der Waals surface area contributed by atoms with Gasteiger partial charge in [0.1, 0.15) is 5.56 Å². The van der Waals surface area contributed by atoms with Gasteiger partial charge >= 0.3 is 6.18 Å². The summed E-state index contributed by atoms with van der Waals surface area (Å²) in [5, 5.41) is 3.11. The van der Waals surface area contributed by atoms with Gasteiger partial charge in [-0.15, -0.1) is 11.3 Å². The molecule has 4 rings (SSSR count). The van der Waals surface area contributed by atoms with Gasteiger partial charge in [-0.1, -0.05) is 12.1 Å². The Hall–Kier alpha value is -3.14. The van der Waals surface area contributed by atoms with E-state index >= 15 is 0 Å². The Morgan fingerprint density at radius 2 is 1.83 bits per heavy atom. The molecule has 0 N–H and O–H groups in total. The maximum atomic E-state index is 13.0. The molecule has 0 bridgehead atoms. The number of hydrogen-bond donors (Lipinski definition) is 0. The zero-order valence-electron chi connectivity index (χ0n) is 20.3. The molecule has 1 saturated heterocycles. The van der Waals surface area contributed by atoms with Crippen LogP contribution in [0.4, 0.5) is 18.9 Å². The van der Waals surface area contributed by atoms with Gasteiger partial charge in [-0.25, -0.2) is 9.97 Å². The molecular weight excluding hydrogens is 489 g/mol. The average molecular weight is 519 g/mol. The van der Waals surface area contributed by atoms with Gasteiger partial charge in [-0.2, -0.15) is 13.2 Å². The maximum Gasteiger partial charge on any atom is 0.422 e. The number of thiazole rings is 1. The van der Waals surface area contributed by atoms with Crippen molar-refractivity contribution in [3.05, 3.63) is 58.5 Å². The van der Waals surface area contributed by atoms with Crippen LogP contribution in [0, 0.1) is 0 Å². The molecule has 0 saturated carbocycles. The fourth-order valence-corrected chi connectivity index (χ4v) is 5.36. The molecule has 1 amide bonds. The third-order valence-electron chi connectivity index (χ3n) is 6.32. The maximum absolute atomic E-state index is 13.0. The Bertz CT molecular complexity index is 1150. The first-order valence-electron chi connectivity index (χ1n) is 12.0. The van der Waals surface area contributed by atoms with Crippen molar-refractivity contribution < 1.29 is 22.7 Å². The number of halogens is 3. The molecule has 1 aliphatic rings. The van der Waals surface area contributed by atoms with Gasteiger partial charge in [-0.3, -0.25) is 4.79 Å². The average Bonchev–Trinajstić information content (AvgIpc) is 3.38.